The Kier molecular flexibility index (Phi) is 5.21. The third-order valence-corrected chi connectivity index (χ3v) is 4.62. The molecule has 0 saturated heterocycles. The number of hydrogen-bond donors (Lipinski definition) is 1. The lowest BCUT2D eigenvalue weighted by Crippen LogP contribution is -2.16. The highest BCUT2D eigenvalue weighted by atomic mass is 32.2. The maximum Gasteiger partial charge on any atom is 0.416 e. The second-order valence-corrected chi connectivity index (χ2v) is 6.80. The second-order valence-electron chi connectivity index (χ2n) is 5.11. The van der Waals surface area contributed by atoms with Crippen molar-refractivity contribution >= 4 is 15.7 Å². The summed E-state index contributed by atoms with van der Waals surface area (Å²) in [5.74, 6) is 0. The van der Waals surface area contributed by atoms with Gasteiger partial charge in [-0.1, -0.05) is 0 Å². The third-order valence-electron chi connectivity index (χ3n) is 3.25. The van der Waals surface area contributed by atoms with Crippen molar-refractivity contribution in [2.24, 2.45) is 0 Å². The average Bonchev–Trinajstić information content (AvgIpc) is 2.51. The van der Waals surface area contributed by atoms with Crippen LogP contribution in [0, 0.1) is 13.8 Å². The Bertz CT molecular complexity index is 843. The Hall–Kier alpha value is -2.36. The smallest absolute Gasteiger partial charge is 0.416 e. The van der Waals surface area contributed by atoms with E-state index in [1.807, 2.05) is 0 Å². The highest BCUT2D eigenvalue weighted by molar-refractivity contribution is 7.92. The predicted octanol–water partition coefficient (Wildman–Crippen LogP) is 3.31. The van der Waals surface area contributed by atoms with E-state index in [-0.39, 0.29) is 16.6 Å². The summed E-state index contributed by atoms with van der Waals surface area (Å²) >= 11 is 0. The van der Waals surface area contributed by atoms with Gasteiger partial charge in [-0.15, -0.1) is 0 Å². The van der Waals surface area contributed by atoms with E-state index in [0.717, 1.165) is 12.1 Å². The van der Waals surface area contributed by atoms with Crippen LogP contribution in [0.4, 0.5) is 18.9 Å². The molecule has 0 saturated carbocycles. The number of nitrogens with zero attached hydrogens (tertiary/aromatic N) is 2. The number of anilines is 1. The minimum absolute atomic E-state index is 0.120. The van der Waals surface area contributed by atoms with Gasteiger partial charge in [0.15, 0.2) is 0 Å². The molecule has 0 aliphatic heterocycles. The zero-order valence-corrected chi connectivity index (χ0v) is 14.5. The topological polar surface area (TPSA) is 81.2 Å². The largest absolute Gasteiger partial charge is 0.464 e. The molecule has 0 fully saturated rings. The molecule has 10 heteroatoms. The maximum atomic E-state index is 12.6. The van der Waals surface area contributed by atoms with E-state index in [9.17, 15) is 21.6 Å². The minimum Gasteiger partial charge on any atom is -0.464 e. The van der Waals surface area contributed by atoms with Gasteiger partial charge in [0, 0.05) is 0 Å². The summed E-state index contributed by atoms with van der Waals surface area (Å²) in [6.45, 7) is 5.26. The van der Waals surface area contributed by atoms with Crippen LogP contribution >= 0.6 is 0 Å². The average molecular weight is 375 g/mol. The highest BCUT2D eigenvalue weighted by Gasteiger charge is 2.30. The van der Waals surface area contributed by atoms with Crippen LogP contribution in [0.1, 0.15) is 23.9 Å². The van der Waals surface area contributed by atoms with Crippen molar-refractivity contribution in [1.29, 1.82) is 0 Å². The summed E-state index contributed by atoms with van der Waals surface area (Å²) in [5, 5.41) is 0. The van der Waals surface area contributed by atoms with Crippen molar-refractivity contribution in [2.45, 2.75) is 31.8 Å². The first-order chi connectivity index (χ1) is 11.5. The summed E-state index contributed by atoms with van der Waals surface area (Å²) in [5.41, 5.74) is -0.0931. The molecule has 2 aromatic rings. The molecule has 0 spiro atoms. The van der Waals surface area contributed by atoms with Gasteiger partial charge in [-0.25, -0.2) is 8.42 Å². The molecule has 1 heterocycles. The fraction of sp³-hybridized carbons (Fsp3) is 0.333. The number of nitrogens with one attached hydrogen (secondary N) is 1. The second kappa shape index (κ2) is 6.87. The molecule has 25 heavy (non-hydrogen) atoms. The molecule has 1 aromatic carbocycles. The monoisotopic (exact) mass is 375 g/mol. The first kappa shape index (κ1) is 19.0. The van der Waals surface area contributed by atoms with Gasteiger partial charge >= 0.3 is 12.2 Å². The summed E-state index contributed by atoms with van der Waals surface area (Å²) in [6.07, 6.45) is -4.54. The molecule has 0 unspecified atom stereocenters. The Morgan fingerprint density at radius 2 is 1.60 bits per heavy atom. The van der Waals surface area contributed by atoms with E-state index in [1.165, 1.54) is 0 Å². The van der Waals surface area contributed by atoms with E-state index >= 15 is 0 Å². The van der Waals surface area contributed by atoms with Crippen molar-refractivity contribution < 1.29 is 26.3 Å². The molecular formula is C15H16F3N3O3S. The van der Waals surface area contributed by atoms with Gasteiger partial charge in [0.05, 0.1) is 34.1 Å². The van der Waals surface area contributed by atoms with Crippen LogP contribution < -0.4 is 9.46 Å². The normalized spacial score (nSPS) is 12.1. The van der Waals surface area contributed by atoms with Gasteiger partial charge in [0.25, 0.3) is 10.0 Å². The number of aryl methyl sites for hydroxylation is 2. The Labute approximate surface area is 143 Å². The van der Waals surface area contributed by atoms with E-state index in [4.69, 9.17) is 4.74 Å². The first-order valence-electron chi connectivity index (χ1n) is 7.22. The quantitative estimate of drug-likeness (QED) is 0.867. The standard InChI is InChI=1S/C15H16F3N3O3S/c1-4-24-14-19-9(2)13(10(3)20-14)21-25(22,23)12-7-5-11(6-8-12)15(16,17)18/h5-8,21H,4H2,1-3H3. The first-order valence-corrected chi connectivity index (χ1v) is 8.71. The molecule has 0 bridgehead atoms. The predicted molar refractivity (Wildman–Crippen MR) is 84.9 cm³/mol. The molecule has 0 radical (unpaired) electrons. The van der Waals surface area contributed by atoms with Crippen LogP contribution in [-0.4, -0.2) is 25.0 Å². The van der Waals surface area contributed by atoms with Gasteiger partial charge in [-0.3, -0.25) is 4.72 Å². The van der Waals surface area contributed by atoms with E-state index < -0.39 is 21.8 Å². The van der Waals surface area contributed by atoms with Crippen molar-refractivity contribution in [3.05, 3.63) is 41.2 Å². The van der Waals surface area contributed by atoms with Gasteiger partial charge in [0.2, 0.25) is 0 Å². The fourth-order valence-electron chi connectivity index (χ4n) is 2.04. The van der Waals surface area contributed by atoms with Crippen LogP contribution in [0.25, 0.3) is 0 Å². The number of halogens is 3. The molecule has 1 N–H and O–H groups in total. The third kappa shape index (κ3) is 4.38. The number of benzene rings is 1. The number of sulfonamides is 1. The number of ether oxygens (including phenoxy) is 1. The lowest BCUT2D eigenvalue weighted by molar-refractivity contribution is -0.137. The van der Waals surface area contributed by atoms with Gasteiger partial charge < -0.3 is 4.74 Å². The number of rotatable bonds is 5. The number of alkyl halides is 3. The van der Waals surface area contributed by atoms with E-state index in [1.54, 1.807) is 20.8 Å². The molecule has 1 aromatic heterocycles. The van der Waals surface area contributed by atoms with Crippen molar-refractivity contribution in [2.75, 3.05) is 11.3 Å². The van der Waals surface area contributed by atoms with Crippen LogP contribution in [0.2, 0.25) is 0 Å². The van der Waals surface area contributed by atoms with Crippen molar-refractivity contribution in [3.8, 4) is 6.01 Å². The van der Waals surface area contributed by atoms with E-state index in [2.05, 4.69) is 14.7 Å². The molecule has 0 atom stereocenters. The highest BCUT2D eigenvalue weighted by Crippen LogP contribution is 2.30. The fourth-order valence-corrected chi connectivity index (χ4v) is 3.22. The van der Waals surface area contributed by atoms with Gasteiger partial charge in [0.1, 0.15) is 0 Å². The summed E-state index contributed by atoms with van der Waals surface area (Å²) in [7, 11) is -4.08. The van der Waals surface area contributed by atoms with Gasteiger partial charge in [-0.2, -0.15) is 23.1 Å². The van der Waals surface area contributed by atoms with Gasteiger partial charge in [-0.05, 0) is 45.0 Å². The molecular weight excluding hydrogens is 359 g/mol. The maximum absolute atomic E-state index is 12.6. The van der Waals surface area contributed by atoms with Crippen LogP contribution in [0.5, 0.6) is 6.01 Å². The SMILES string of the molecule is CCOc1nc(C)c(NS(=O)(=O)c2ccc(C(F)(F)F)cc2)c(C)n1. The molecule has 0 aliphatic carbocycles. The van der Waals surface area contributed by atoms with E-state index in [0.29, 0.717) is 30.1 Å². The molecule has 136 valence electrons. The van der Waals surface area contributed by atoms with Crippen LogP contribution in [0.3, 0.4) is 0 Å². The zero-order chi connectivity index (χ0) is 18.8. The van der Waals surface area contributed by atoms with Crippen molar-refractivity contribution in [3.63, 3.8) is 0 Å². The zero-order valence-electron chi connectivity index (χ0n) is 13.7. The number of aromatic nitrogens is 2. The lowest BCUT2D eigenvalue weighted by atomic mass is 10.2. The Morgan fingerprint density at radius 1 is 1.08 bits per heavy atom. The summed E-state index contributed by atoms with van der Waals surface area (Å²) < 4.78 is 70.0. The van der Waals surface area contributed by atoms with Crippen molar-refractivity contribution in [1.82, 2.24) is 9.97 Å². The van der Waals surface area contributed by atoms with Crippen LogP contribution in [0.15, 0.2) is 29.2 Å². The summed E-state index contributed by atoms with van der Waals surface area (Å²) in [4.78, 5) is 7.78. The minimum atomic E-state index is -4.54. The molecule has 6 nitrogen and oxygen atoms in total. The Balaban J connectivity index is 2.33. The molecule has 0 aliphatic rings. The number of hydrogen-bond acceptors (Lipinski definition) is 5. The Morgan fingerprint density at radius 3 is 2.04 bits per heavy atom. The molecule has 2 rings (SSSR count). The lowest BCUT2D eigenvalue weighted by Gasteiger charge is -2.14. The van der Waals surface area contributed by atoms with Crippen LogP contribution in [-0.2, 0) is 16.2 Å². The summed E-state index contributed by atoms with van der Waals surface area (Å²) in [6, 6.07) is 3.33. The molecule has 0 amide bonds.